The van der Waals surface area contributed by atoms with E-state index >= 15 is 0 Å². The Kier molecular flexibility index (Phi) is 4.47. The molecule has 0 saturated carbocycles. The van der Waals surface area contributed by atoms with Crippen molar-refractivity contribution in [1.29, 1.82) is 0 Å². The zero-order valence-electron chi connectivity index (χ0n) is 15.6. The van der Waals surface area contributed by atoms with Gasteiger partial charge in [-0.3, -0.25) is 14.4 Å². The van der Waals surface area contributed by atoms with E-state index in [4.69, 9.17) is 5.73 Å². The molecule has 1 aromatic heterocycles. The Bertz CT molecular complexity index is 1110. The van der Waals surface area contributed by atoms with Crippen molar-refractivity contribution in [2.24, 2.45) is 5.73 Å². The molecule has 6 nitrogen and oxygen atoms in total. The molecule has 0 radical (unpaired) electrons. The van der Waals surface area contributed by atoms with Crippen molar-refractivity contribution in [3.63, 3.8) is 0 Å². The first-order chi connectivity index (χ1) is 13.5. The number of fused-ring (bicyclic) bond motifs is 3. The fourth-order valence-electron chi connectivity index (χ4n) is 3.85. The van der Waals surface area contributed by atoms with Crippen molar-refractivity contribution in [3.8, 4) is 0 Å². The Labute approximate surface area is 162 Å². The van der Waals surface area contributed by atoms with E-state index < -0.39 is 5.91 Å². The lowest BCUT2D eigenvalue weighted by Gasteiger charge is -2.14. The van der Waals surface area contributed by atoms with Crippen LogP contribution in [0, 0.1) is 0 Å². The zero-order valence-corrected chi connectivity index (χ0v) is 15.6. The number of hydrogen-bond acceptors (Lipinski definition) is 3. The summed E-state index contributed by atoms with van der Waals surface area (Å²) in [5.41, 5.74) is 8.42. The van der Waals surface area contributed by atoms with Gasteiger partial charge in [-0.05, 0) is 37.1 Å². The molecular weight excluding hydrogens is 354 g/mol. The van der Waals surface area contributed by atoms with Crippen LogP contribution in [-0.4, -0.2) is 28.7 Å². The number of carbonyl (C=O) groups excluding carboxylic acids is 3. The van der Waals surface area contributed by atoms with Crippen LogP contribution in [0.15, 0.2) is 48.5 Å². The number of hydrogen-bond donors (Lipinski definition) is 2. The van der Waals surface area contributed by atoms with Crippen LogP contribution >= 0.6 is 0 Å². The third-order valence-electron chi connectivity index (χ3n) is 5.32. The summed E-state index contributed by atoms with van der Waals surface area (Å²) in [6.45, 7) is 2.70. The van der Waals surface area contributed by atoms with Gasteiger partial charge in [-0.15, -0.1) is 0 Å². The van der Waals surface area contributed by atoms with Gasteiger partial charge in [0.05, 0.1) is 0 Å². The molecule has 4 rings (SSSR count). The lowest BCUT2D eigenvalue weighted by molar-refractivity contribution is 0.0948. The lowest BCUT2D eigenvalue weighted by Crippen LogP contribution is -2.22. The average Bonchev–Trinajstić information content (AvgIpc) is 3.00. The minimum atomic E-state index is -0.546. The second-order valence-corrected chi connectivity index (χ2v) is 7.19. The SMILES string of the molecule is CC1CCNC(=O)c2cc3ccc(C(=O)Cc4ccccc4C(N)=O)cc3n21. The Morgan fingerprint density at radius 3 is 2.75 bits per heavy atom. The van der Waals surface area contributed by atoms with Crippen LogP contribution in [0.4, 0.5) is 0 Å². The van der Waals surface area contributed by atoms with E-state index in [1.807, 2.05) is 22.8 Å². The molecule has 3 N–H and O–H groups in total. The molecule has 0 saturated heterocycles. The van der Waals surface area contributed by atoms with E-state index in [9.17, 15) is 14.4 Å². The smallest absolute Gasteiger partial charge is 0.267 e. The Morgan fingerprint density at radius 1 is 1.18 bits per heavy atom. The molecule has 6 heteroatoms. The van der Waals surface area contributed by atoms with Crippen LogP contribution in [0.5, 0.6) is 0 Å². The fraction of sp³-hybridized carbons (Fsp3) is 0.227. The normalized spacial score (nSPS) is 16.3. The number of Topliss-reactive ketones (excluding diaryl/α,β-unsaturated/α-hetero) is 1. The van der Waals surface area contributed by atoms with E-state index in [1.165, 1.54) is 0 Å². The van der Waals surface area contributed by atoms with Crippen LogP contribution in [0.1, 0.15) is 56.2 Å². The average molecular weight is 375 g/mol. The van der Waals surface area contributed by atoms with Gasteiger partial charge in [0.2, 0.25) is 5.91 Å². The number of benzene rings is 2. The Balaban J connectivity index is 1.73. The maximum Gasteiger partial charge on any atom is 0.267 e. The number of carbonyl (C=O) groups is 3. The first-order valence-corrected chi connectivity index (χ1v) is 9.30. The number of nitrogens with zero attached hydrogens (tertiary/aromatic N) is 1. The van der Waals surface area contributed by atoms with Gasteiger partial charge in [-0.2, -0.15) is 0 Å². The second-order valence-electron chi connectivity index (χ2n) is 7.19. The molecule has 2 heterocycles. The number of primary amides is 1. The van der Waals surface area contributed by atoms with E-state index in [2.05, 4.69) is 12.2 Å². The molecule has 142 valence electrons. The van der Waals surface area contributed by atoms with Crippen LogP contribution in [0.2, 0.25) is 0 Å². The van der Waals surface area contributed by atoms with Crippen molar-refractivity contribution < 1.29 is 14.4 Å². The minimum Gasteiger partial charge on any atom is -0.366 e. The molecular formula is C22H21N3O3. The largest absolute Gasteiger partial charge is 0.366 e. The maximum atomic E-state index is 12.9. The summed E-state index contributed by atoms with van der Waals surface area (Å²) in [7, 11) is 0. The van der Waals surface area contributed by atoms with Gasteiger partial charge in [-0.25, -0.2) is 0 Å². The van der Waals surface area contributed by atoms with Gasteiger partial charge in [-0.1, -0.05) is 30.3 Å². The van der Waals surface area contributed by atoms with Crippen molar-refractivity contribution in [2.75, 3.05) is 6.54 Å². The number of nitrogens with one attached hydrogen (secondary N) is 1. The third-order valence-corrected chi connectivity index (χ3v) is 5.32. The molecule has 0 fully saturated rings. The van der Waals surface area contributed by atoms with Gasteiger partial charge in [0.25, 0.3) is 5.91 Å². The summed E-state index contributed by atoms with van der Waals surface area (Å²) in [5.74, 6) is -0.740. The van der Waals surface area contributed by atoms with Crippen molar-refractivity contribution in [3.05, 3.63) is 70.9 Å². The van der Waals surface area contributed by atoms with E-state index in [1.54, 1.807) is 30.3 Å². The second kappa shape index (κ2) is 6.96. The van der Waals surface area contributed by atoms with Gasteiger partial charge in [0.15, 0.2) is 5.78 Å². The van der Waals surface area contributed by atoms with Crippen LogP contribution in [0.25, 0.3) is 10.9 Å². The Morgan fingerprint density at radius 2 is 1.96 bits per heavy atom. The standard InChI is InChI=1S/C22H21N3O3/c1-13-8-9-24-22(28)19-10-15-6-7-16(11-18(15)25(13)19)20(26)12-14-4-2-3-5-17(14)21(23)27/h2-7,10-11,13H,8-9,12H2,1H3,(H2,23,27)(H,24,28). The van der Waals surface area contributed by atoms with Crippen LogP contribution < -0.4 is 11.1 Å². The molecule has 0 bridgehead atoms. The lowest BCUT2D eigenvalue weighted by atomic mass is 9.98. The predicted molar refractivity (Wildman–Crippen MR) is 107 cm³/mol. The van der Waals surface area contributed by atoms with Crippen LogP contribution in [0.3, 0.4) is 0 Å². The zero-order chi connectivity index (χ0) is 19.8. The monoisotopic (exact) mass is 375 g/mol. The van der Waals surface area contributed by atoms with E-state index in [0.717, 1.165) is 17.3 Å². The molecule has 28 heavy (non-hydrogen) atoms. The maximum absolute atomic E-state index is 12.9. The summed E-state index contributed by atoms with van der Waals surface area (Å²) in [4.78, 5) is 36.8. The summed E-state index contributed by atoms with van der Waals surface area (Å²) in [6, 6.07) is 14.4. The predicted octanol–water partition coefficient (Wildman–Crippen LogP) is 2.86. The van der Waals surface area contributed by atoms with E-state index in [0.29, 0.717) is 28.9 Å². The van der Waals surface area contributed by atoms with Crippen LogP contribution in [-0.2, 0) is 6.42 Å². The molecule has 1 aliphatic heterocycles. The topological polar surface area (TPSA) is 94.2 Å². The molecule has 2 amide bonds. The molecule has 2 aromatic carbocycles. The minimum absolute atomic E-state index is 0.0915. The molecule has 0 aliphatic carbocycles. The number of ketones is 1. The molecule has 1 aliphatic rings. The molecule has 0 spiro atoms. The van der Waals surface area contributed by atoms with Crippen molar-refractivity contribution in [1.82, 2.24) is 9.88 Å². The summed E-state index contributed by atoms with van der Waals surface area (Å²) in [6.07, 6.45) is 0.918. The number of nitrogens with two attached hydrogens (primary N) is 1. The highest BCUT2D eigenvalue weighted by Crippen LogP contribution is 2.28. The highest BCUT2D eigenvalue weighted by atomic mass is 16.2. The Hall–Kier alpha value is -3.41. The first kappa shape index (κ1) is 18.0. The number of rotatable bonds is 4. The first-order valence-electron chi connectivity index (χ1n) is 9.30. The third kappa shape index (κ3) is 3.07. The summed E-state index contributed by atoms with van der Waals surface area (Å²) >= 11 is 0. The quantitative estimate of drug-likeness (QED) is 0.687. The van der Waals surface area contributed by atoms with Gasteiger partial charge in [0, 0.05) is 41.0 Å². The highest BCUT2D eigenvalue weighted by Gasteiger charge is 2.23. The van der Waals surface area contributed by atoms with Gasteiger partial charge in [0.1, 0.15) is 5.69 Å². The van der Waals surface area contributed by atoms with Crippen molar-refractivity contribution in [2.45, 2.75) is 25.8 Å². The van der Waals surface area contributed by atoms with Crippen molar-refractivity contribution >= 4 is 28.5 Å². The number of amides is 2. The van der Waals surface area contributed by atoms with Gasteiger partial charge >= 0.3 is 0 Å². The summed E-state index contributed by atoms with van der Waals surface area (Å²) in [5, 5.41) is 3.83. The highest BCUT2D eigenvalue weighted by molar-refractivity contribution is 6.04. The fourth-order valence-corrected chi connectivity index (χ4v) is 3.85. The number of aromatic nitrogens is 1. The van der Waals surface area contributed by atoms with E-state index in [-0.39, 0.29) is 24.2 Å². The molecule has 1 unspecified atom stereocenters. The summed E-state index contributed by atoms with van der Waals surface area (Å²) < 4.78 is 2.01. The van der Waals surface area contributed by atoms with Gasteiger partial charge < -0.3 is 15.6 Å². The molecule has 3 aromatic rings. The molecule has 1 atom stereocenters.